The fraction of sp³-hybridized carbons (Fsp3) is 0. The van der Waals surface area contributed by atoms with Gasteiger partial charge in [0.2, 0.25) is 0 Å². The van der Waals surface area contributed by atoms with Gasteiger partial charge in [-0.25, -0.2) is 0 Å². The number of rotatable bonds is 4. The van der Waals surface area contributed by atoms with E-state index in [1.807, 2.05) is 6.07 Å². The van der Waals surface area contributed by atoms with Gasteiger partial charge >= 0.3 is 0 Å². The summed E-state index contributed by atoms with van der Waals surface area (Å²) in [4.78, 5) is 2.45. The lowest BCUT2D eigenvalue weighted by Crippen LogP contribution is -2.11. The van der Waals surface area contributed by atoms with Crippen LogP contribution in [0.1, 0.15) is 0 Å². The van der Waals surface area contributed by atoms with Gasteiger partial charge in [-0.3, -0.25) is 0 Å². The molecule has 2 heteroatoms. The molecule has 0 fully saturated rings. The predicted molar refractivity (Wildman–Crippen MR) is 186 cm³/mol. The second-order valence-corrected chi connectivity index (χ2v) is 11.3. The van der Waals surface area contributed by atoms with Crippen LogP contribution in [-0.2, 0) is 0 Å². The summed E-state index contributed by atoms with van der Waals surface area (Å²) in [6.45, 7) is 0. The van der Waals surface area contributed by atoms with Crippen LogP contribution in [0.4, 0.5) is 17.1 Å². The molecule has 44 heavy (non-hydrogen) atoms. The summed E-state index contributed by atoms with van der Waals surface area (Å²) in [5.41, 5.74) is 7.34. The van der Waals surface area contributed by atoms with Crippen LogP contribution >= 0.6 is 0 Å². The van der Waals surface area contributed by atoms with E-state index in [9.17, 15) is 0 Å². The summed E-state index contributed by atoms with van der Waals surface area (Å²) in [5, 5.41) is 9.50. The van der Waals surface area contributed by atoms with Gasteiger partial charge in [-0.1, -0.05) is 133 Å². The molecule has 1 heterocycles. The molecule has 0 amide bonds. The molecule has 0 N–H and O–H groups in total. The first kappa shape index (κ1) is 24.7. The van der Waals surface area contributed by atoms with Gasteiger partial charge in [0, 0.05) is 21.7 Å². The highest BCUT2D eigenvalue weighted by molar-refractivity contribution is 6.21. The highest BCUT2D eigenvalue weighted by Gasteiger charge is 2.24. The Morgan fingerprint density at radius 1 is 0.364 bits per heavy atom. The van der Waals surface area contributed by atoms with E-state index in [1.54, 1.807) is 0 Å². The minimum Gasteiger partial charge on any atom is -0.455 e. The van der Waals surface area contributed by atoms with E-state index < -0.39 is 0 Å². The molecular weight excluding hydrogens is 534 g/mol. The number of furan rings is 1. The Morgan fingerprint density at radius 3 is 1.80 bits per heavy atom. The highest BCUT2D eigenvalue weighted by Crippen LogP contribution is 2.49. The van der Waals surface area contributed by atoms with Crippen LogP contribution in [0.25, 0.3) is 65.4 Å². The second kappa shape index (κ2) is 9.86. The van der Waals surface area contributed by atoms with E-state index in [-0.39, 0.29) is 0 Å². The minimum atomic E-state index is 0.883. The lowest BCUT2D eigenvalue weighted by Gasteiger charge is -2.29. The molecule has 2 nitrogen and oxygen atoms in total. The molecule has 1 aromatic heterocycles. The third-order valence-electron chi connectivity index (χ3n) is 8.83. The molecule has 9 rings (SSSR count). The van der Waals surface area contributed by atoms with Gasteiger partial charge in [0.1, 0.15) is 11.2 Å². The fourth-order valence-electron chi connectivity index (χ4n) is 6.86. The first-order valence-electron chi connectivity index (χ1n) is 15.0. The van der Waals surface area contributed by atoms with Crippen molar-refractivity contribution >= 4 is 71.3 Å². The van der Waals surface area contributed by atoms with Crippen LogP contribution in [0.2, 0.25) is 0 Å². The van der Waals surface area contributed by atoms with Crippen molar-refractivity contribution in [2.75, 3.05) is 4.90 Å². The Labute approximate surface area is 255 Å². The number of para-hydroxylation sites is 1. The van der Waals surface area contributed by atoms with E-state index in [0.29, 0.717) is 0 Å². The zero-order valence-corrected chi connectivity index (χ0v) is 23.9. The van der Waals surface area contributed by atoms with Gasteiger partial charge in [0.15, 0.2) is 0 Å². The monoisotopic (exact) mass is 561 g/mol. The van der Waals surface area contributed by atoms with Crippen LogP contribution in [0.15, 0.2) is 168 Å². The summed E-state index contributed by atoms with van der Waals surface area (Å²) >= 11 is 0. The number of anilines is 3. The Morgan fingerprint density at radius 2 is 0.955 bits per heavy atom. The Hall–Kier alpha value is -5.86. The number of hydrogen-bond donors (Lipinski definition) is 0. The van der Waals surface area contributed by atoms with Crippen molar-refractivity contribution in [1.82, 2.24) is 0 Å². The maximum absolute atomic E-state index is 6.72. The van der Waals surface area contributed by atoms with Crippen molar-refractivity contribution in [2.24, 2.45) is 0 Å². The van der Waals surface area contributed by atoms with Gasteiger partial charge in [-0.2, -0.15) is 0 Å². The summed E-state index contributed by atoms with van der Waals surface area (Å²) in [7, 11) is 0. The summed E-state index contributed by atoms with van der Waals surface area (Å²) < 4.78 is 6.72. The van der Waals surface area contributed by atoms with Crippen molar-refractivity contribution in [3.8, 4) is 11.1 Å². The number of benzene rings is 8. The predicted octanol–water partition coefficient (Wildman–Crippen LogP) is 12.2. The maximum atomic E-state index is 6.72. The number of hydrogen-bond acceptors (Lipinski definition) is 2. The maximum Gasteiger partial charge on any atom is 0.145 e. The van der Waals surface area contributed by atoms with Crippen molar-refractivity contribution in [3.05, 3.63) is 164 Å². The molecule has 0 radical (unpaired) electrons. The molecule has 0 spiro atoms. The molecule has 0 saturated carbocycles. The van der Waals surface area contributed by atoms with Crippen LogP contribution < -0.4 is 4.90 Å². The molecule has 0 bridgehead atoms. The molecule has 0 aliphatic carbocycles. The first-order chi connectivity index (χ1) is 21.8. The fourth-order valence-corrected chi connectivity index (χ4v) is 6.86. The topological polar surface area (TPSA) is 16.4 Å². The second-order valence-electron chi connectivity index (χ2n) is 11.3. The van der Waals surface area contributed by atoms with Crippen molar-refractivity contribution < 1.29 is 4.42 Å². The molecule has 0 unspecified atom stereocenters. The Bertz CT molecular complexity index is 2500. The van der Waals surface area contributed by atoms with Crippen LogP contribution in [-0.4, -0.2) is 0 Å². The molecule has 0 atom stereocenters. The van der Waals surface area contributed by atoms with Crippen LogP contribution in [0.3, 0.4) is 0 Å². The third kappa shape index (κ3) is 3.75. The zero-order chi connectivity index (χ0) is 29.0. The summed E-state index contributed by atoms with van der Waals surface area (Å²) in [6, 6.07) is 58.5. The van der Waals surface area contributed by atoms with E-state index in [1.165, 1.54) is 32.3 Å². The third-order valence-corrected chi connectivity index (χ3v) is 8.83. The van der Waals surface area contributed by atoms with Crippen LogP contribution in [0, 0.1) is 0 Å². The van der Waals surface area contributed by atoms with Crippen molar-refractivity contribution in [1.29, 1.82) is 0 Å². The first-order valence-corrected chi connectivity index (χ1v) is 15.0. The van der Waals surface area contributed by atoms with Gasteiger partial charge in [-0.15, -0.1) is 0 Å². The zero-order valence-electron chi connectivity index (χ0n) is 23.9. The standard InChI is InChI=1S/C42H27NO/c1-2-12-29(13-3-1)34-26-27-38(41-35-20-8-9-23-39(35)44-42(34)41)43(36-21-10-16-28-14-4-6-18-32(28)36)37-22-11-17-31-25-24-30-15-5-7-19-33(30)40(31)37/h1-27H. The largest absolute Gasteiger partial charge is 0.455 e. The van der Waals surface area contributed by atoms with E-state index in [4.69, 9.17) is 4.42 Å². The molecule has 0 aliphatic rings. The molecular formula is C42H27NO. The highest BCUT2D eigenvalue weighted by atomic mass is 16.3. The van der Waals surface area contributed by atoms with Gasteiger partial charge in [0.25, 0.3) is 0 Å². The van der Waals surface area contributed by atoms with E-state index in [2.05, 4.69) is 163 Å². The van der Waals surface area contributed by atoms with Crippen molar-refractivity contribution in [3.63, 3.8) is 0 Å². The van der Waals surface area contributed by atoms with E-state index in [0.717, 1.165) is 50.1 Å². The molecule has 206 valence electrons. The van der Waals surface area contributed by atoms with Gasteiger partial charge in [-0.05, 0) is 57.4 Å². The Balaban J connectivity index is 1.46. The average Bonchev–Trinajstić information content (AvgIpc) is 3.49. The van der Waals surface area contributed by atoms with Crippen LogP contribution in [0.5, 0.6) is 0 Å². The number of fused-ring (bicyclic) bond motifs is 7. The smallest absolute Gasteiger partial charge is 0.145 e. The van der Waals surface area contributed by atoms with E-state index >= 15 is 0 Å². The lowest BCUT2D eigenvalue weighted by molar-refractivity contribution is 0.670. The summed E-state index contributed by atoms with van der Waals surface area (Å²) in [6.07, 6.45) is 0. The lowest BCUT2D eigenvalue weighted by atomic mass is 9.97. The SMILES string of the molecule is c1ccc(-c2ccc(N(c3cccc4ccccc34)c3cccc4ccc5ccccc5c34)c3c2oc2ccccc23)cc1. The molecule has 0 aliphatic heterocycles. The Kier molecular flexibility index (Phi) is 5.54. The summed E-state index contributed by atoms with van der Waals surface area (Å²) in [5.74, 6) is 0. The van der Waals surface area contributed by atoms with Gasteiger partial charge in [0.05, 0.1) is 22.4 Å². The van der Waals surface area contributed by atoms with Gasteiger partial charge < -0.3 is 9.32 Å². The molecule has 8 aromatic carbocycles. The minimum absolute atomic E-state index is 0.883. The normalized spacial score (nSPS) is 11.6. The van der Waals surface area contributed by atoms with Crippen molar-refractivity contribution in [2.45, 2.75) is 0 Å². The molecule has 9 aromatic rings. The quantitative estimate of drug-likeness (QED) is 0.199. The average molecular weight is 562 g/mol. The number of nitrogens with zero attached hydrogens (tertiary/aromatic N) is 1. The molecule has 0 saturated heterocycles.